The van der Waals surface area contributed by atoms with Crippen molar-refractivity contribution in [3.05, 3.63) is 22.7 Å². The molecule has 3 unspecified atom stereocenters. The Bertz CT molecular complexity index is 1770. The smallest absolute Gasteiger partial charge is 0.462 e. The molecule has 20 heteroatoms. The molecule has 1 aromatic rings. The van der Waals surface area contributed by atoms with Gasteiger partial charge in [0.15, 0.2) is 12.3 Å². The maximum absolute atomic E-state index is 12.9. The van der Waals surface area contributed by atoms with Crippen molar-refractivity contribution in [3.8, 4) is 0 Å². The standard InChI is InChI=1S/C54H101N3O15P2/c1-44(2)35-31-27-23-19-15-11-9-7-5-6-8-10-12-17-21-25-29-33-37-49(58)67-41-46(70-50(59)38-34-30-26-22-18-14-13-16-20-24-28-32-36-45(3)4)42-68-73(63,64)72-74(65,66)69-43-47-51(60)52(61)53(71-47)57-40-39-48(55)56-54(57)62/h39-40,44-47,51-53,60-61H,5-38,41-43H2,1-4H3,(H,63,64)(H,65,66)(H2,55,56,62)/t46-,47-,51+,52?,53-/m1/s1. The Morgan fingerprint density at radius 1 is 0.608 bits per heavy atom. The first-order valence-corrected chi connectivity index (χ1v) is 31.8. The maximum Gasteiger partial charge on any atom is 0.481 e. The molecule has 0 amide bonds. The molecular formula is C54H101N3O15P2. The van der Waals surface area contributed by atoms with E-state index in [4.69, 9.17) is 29.0 Å². The lowest BCUT2D eigenvalue weighted by Gasteiger charge is -2.21. The summed E-state index contributed by atoms with van der Waals surface area (Å²) in [5.74, 6) is 0.325. The van der Waals surface area contributed by atoms with Crippen LogP contribution in [0.4, 0.5) is 5.82 Å². The first kappa shape index (κ1) is 67.9. The van der Waals surface area contributed by atoms with Crippen LogP contribution in [0.1, 0.15) is 252 Å². The predicted octanol–water partition coefficient (Wildman–Crippen LogP) is 12.7. The van der Waals surface area contributed by atoms with Gasteiger partial charge >= 0.3 is 33.3 Å². The van der Waals surface area contributed by atoms with E-state index in [1.807, 2.05) is 0 Å². The summed E-state index contributed by atoms with van der Waals surface area (Å²) in [7, 11) is -10.8. The summed E-state index contributed by atoms with van der Waals surface area (Å²) in [6, 6.07) is 1.25. The van der Waals surface area contributed by atoms with Gasteiger partial charge in [0.05, 0.1) is 13.2 Å². The fourth-order valence-corrected chi connectivity index (χ4v) is 11.2. The molecule has 18 nitrogen and oxygen atoms in total. The summed E-state index contributed by atoms with van der Waals surface area (Å²) in [5, 5.41) is 20.9. The third kappa shape index (κ3) is 34.5. The fraction of sp³-hybridized carbons (Fsp3) is 0.889. The van der Waals surface area contributed by atoms with Crippen molar-refractivity contribution in [1.82, 2.24) is 9.55 Å². The Morgan fingerprint density at radius 2 is 1.00 bits per heavy atom. The average Bonchev–Trinajstić information content (AvgIpc) is 3.61. The highest BCUT2D eigenvalue weighted by Crippen LogP contribution is 2.60. The Balaban J connectivity index is 1.73. The van der Waals surface area contributed by atoms with Gasteiger partial charge in [-0.2, -0.15) is 9.29 Å². The number of rotatable bonds is 48. The number of hydrogen-bond acceptors (Lipinski definition) is 15. The molecule has 1 aromatic heterocycles. The molecule has 2 heterocycles. The number of nitrogen functional groups attached to an aromatic ring is 1. The number of phosphoric acid groups is 2. The SMILES string of the molecule is CC(C)CCCCCCCCCCCCCCCCCCCCC(=O)OC[C@H](COP(=O)(O)OP(=O)(O)OC[C@H]1O[C@@H](n2ccc(N)nc2=O)C(O)[C@H]1O)OC(=O)CCCCCCCCCCCCCCC(C)C. The number of aromatic nitrogens is 2. The minimum Gasteiger partial charge on any atom is -0.462 e. The molecule has 6 N–H and O–H groups in total. The highest BCUT2D eigenvalue weighted by Gasteiger charge is 2.46. The molecule has 7 atom stereocenters. The second-order valence-electron chi connectivity index (χ2n) is 21.5. The van der Waals surface area contributed by atoms with E-state index in [0.717, 1.165) is 61.3 Å². The summed E-state index contributed by atoms with van der Waals surface area (Å²) in [6.45, 7) is 6.86. The third-order valence-electron chi connectivity index (χ3n) is 13.5. The Kier molecular flexibility index (Phi) is 37.5. The molecule has 0 aliphatic carbocycles. The molecule has 1 aliphatic heterocycles. The van der Waals surface area contributed by atoms with E-state index in [0.29, 0.717) is 12.8 Å². The average molecular weight is 1090 g/mol. The maximum atomic E-state index is 12.9. The first-order chi connectivity index (χ1) is 35.4. The number of nitrogens with two attached hydrogens (primary N) is 1. The van der Waals surface area contributed by atoms with E-state index >= 15 is 0 Å². The van der Waals surface area contributed by atoms with Crippen LogP contribution in [0.5, 0.6) is 0 Å². The minimum absolute atomic E-state index is 0.0569. The molecular weight excluding hydrogens is 993 g/mol. The summed E-state index contributed by atoms with van der Waals surface area (Å²) in [6.07, 6.45) is 31.8. The number of unbranched alkanes of at least 4 members (excludes halogenated alkanes) is 28. The number of carbonyl (C=O) groups excluding carboxylic acids is 2. The monoisotopic (exact) mass is 1090 g/mol. The summed E-state index contributed by atoms with van der Waals surface area (Å²) < 4.78 is 57.0. The van der Waals surface area contributed by atoms with Crippen LogP contribution in [0.25, 0.3) is 0 Å². The van der Waals surface area contributed by atoms with Crippen molar-refractivity contribution in [1.29, 1.82) is 0 Å². The molecule has 1 aliphatic rings. The van der Waals surface area contributed by atoms with E-state index in [1.54, 1.807) is 0 Å². The van der Waals surface area contributed by atoms with E-state index < -0.39 is 83.7 Å². The molecule has 0 aromatic carbocycles. The number of aliphatic hydroxyl groups excluding tert-OH is 2. The van der Waals surface area contributed by atoms with E-state index in [2.05, 4.69) is 37.0 Å². The van der Waals surface area contributed by atoms with E-state index in [1.165, 1.54) is 160 Å². The van der Waals surface area contributed by atoms with Gasteiger partial charge in [-0.05, 0) is 30.7 Å². The van der Waals surface area contributed by atoms with Crippen LogP contribution in [0.3, 0.4) is 0 Å². The van der Waals surface area contributed by atoms with Crippen molar-refractivity contribution in [2.24, 2.45) is 11.8 Å². The van der Waals surface area contributed by atoms with Crippen LogP contribution in [0.15, 0.2) is 17.1 Å². The number of ether oxygens (including phenoxy) is 3. The summed E-state index contributed by atoms with van der Waals surface area (Å²) in [5.41, 5.74) is 4.60. The number of aliphatic hydroxyl groups is 2. The topological polar surface area (TPSA) is 265 Å². The van der Waals surface area contributed by atoms with Crippen LogP contribution < -0.4 is 11.4 Å². The number of anilines is 1. The van der Waals surface area contributed by atoms with Crippen LogP contribution in [-0.2, 0) is 46.3 Å². The summed E-state index contributed by atoms with van der Waals surface area (Å²) in [4.78, 5) is 62.1. The van der Waals surface area contributed by atoms with Crippen molar-refractivity contribution >= 4 is 33.4 Å². The normalized spacial score (nSPS) is 18.9. The molecule has 432 valence electrons. The second-order valence-corrected chi connectivity index (χ2v) is 24.5. The molecule has 1 fully saturated rings. The minimum atomic E-state index is -5.42. The van der Waals surface area contributed by atoms with Crippen LogP contribution >= 0.6 is 15.6 Å². The van der Waals surface area contributed by atoms with Gasteiger partial charge in [0.25, 0.3) is 0 Å². The van der Waals surface area contributed by atoms with E-state index in [-0.39, 0.29) is 18.7 Å². The highest BCUT2D eigenvalue weighted by atomic mass is 31.3. The second kappa shape index (κ2) is 40.9. The van der Waals surface area contributed by atoms with Gasteiger partial charge < -0.3 is 39.9 Å². The lowest BCUT2D eigenvalue weighted by atomic mass is 10.0. The van der Waals surface area contributed by atoms with Crippen molar-refractivity contribution in [3.63, 3.8) is 0 Å². The van der Waals surface area contributed by atoms with Gasteiger partial charge in [0, 0.05) is 19.0 Å². The van der Waals surface area contributed by atoms with Gasteiger partial charge in [-0.25, -0.2) is 13.9 Å². The van der Waals surface area contributed by atoms with Gasteiger partial charge in [0.1, 0.15) is 30.7 Å². The quantitative estimate of drug-likeness (QED) is 0.0231. The number of hydrogen-bond donors (Lipinski definition) is 5. The van der Waals surface area contributed by atoms with Gasteiger partial charge in [-0.1, -0.05) is 220 Å². The highest BCUT2D eigenvalue weighted by molar-refractivity contribution is 7.61. The van der Waals surface area contributed by atoms with Crippen molar-refractivity contribution in [2.75, 3.05) is 25.6 Å². The molecule has 1 saturated heterocycles. The molecule has 2 rings (SSSR count). The Labute approximate surface area is 444 Å². The van der Waals surface area contributed by atoms with Crippen LogP contribution in [0, 0.1) is 11.8 Å². The van der Waals surface area contributed by atoms with Gasteiger partial charge in [-0.3, -0.25) is 23.2 Å². The number of nitrogens with zero attached hydrogens (tertiary/aromatic N) is 2. The first-order valence-electron chi connectivity index (χ1n) is 28.8. The predicted molar refractivity (Wildman–Crippen MR) is 289 cm³/mol. The summed E-state index contributed by atoms with van der Waals surface area (Å²) >= 11 is 0. The van der Waals surface area contributed by atoms with E-state index in [9.17, 15) is 43.5 Å². The lowest BCUT2D eigenvalue weighted by Crippen LogP contribution is -2.36. The molecule has 0 spiro atoms. The molecule has 0 saturated carbocycles. The van der Waals surface area contributed by atoms with Crippen molar-refractivity contribution in [2.45, 2.75) is 277 Å². The molecule has 0 radical (unpaired) electrons. The third-order valence-corrected chi connectivity index (χ3v) is 16.1. The van der Waals surface area contributed by atoms with Gasteiger partial charge in [-0.15, -0.1) is 0 Å². The van der Waals surface area contributed by atoms with Crippen LogP contribution in [-0.4, -0.2) is 85.7 Å². The number of carbonyl (C=O) groups is 2. The zero-order valence-electron chi connectivity index (χ0n) is 46.0. The number of esters is 2. The van der Waals surface area contributed by atoms with Crippen molar-refractivity contribution < 1.29 is 66.3 Å². The largest absolute Gasteiger partial charge is 0.481 e. The lowest BCUT2D eigenvalue weighted by molar-refractivity contribution is -0.161. The molecule has 0 bridgehead atoms. The Hall–Kier alpha value is -2.24. The van der Waals surface area contributed by atoms with Gasteiger partial charge in [0.2, 0.25) is 0 Å². The zero-order valence-corrected chi connectivity index (χ0v) is 47.8. The van der Waals surface area contributed by atoms with Crippen LogP contribution in [0.2, 0.25) is 0 Å². The Morgan fingerprint density at radius 3 is 1.42 bits per heavy atom. The number of phosphoric ester groups is 2. The zero-order chi connectivity index (χ0) is 54.5. The fourth-order valence-electron chi connectivity index (χ4n) is 9.10. The molecule has 74 heavy (non-hydrogen) atoms.